The lowest BCUT2D eigenvalue weighted by atomic mass is 10.2. The first-order valence-electron chi connectivity index (χ1n) is 7.10. The van der Waals surface area contributed by atoms with Gasteiger partial charge in [-0.2, -0.15) is 0 Å². The van der Waals surface area contributed by atoms with Crippen molar-refractivity contribution in [1.82, 2.24) is 5.32 Å². The van der Waals surface area contributed by atoms with Crippen molar-refractivity contribution < 1.29 is 28.6 Å². The summed E-state index contributed by atoms with van der Waals surface area (Å²) in [4.78, 5) is 34.9. The van der Waals surface area contributed by atoms with Crippen LogP contribution in [0.15, 0.2) is 42.1 Å². The molecule has 1 amide bonds. The van der Waals surface area contributed by atoms with Crippen molar-refractivity contribution in [3.63, 3.8) is 0 Å². The van der Waals surface area contributed by atoms with E-state index in [1.165, 1.54) is 0 Å². The van der Waals surface area contributed by atoms with Crippen LogP contribution < -0.4 is 5.32 Å². The molecule has 124 valence electrons. The van der Waals surface area contributed by atoms with Crippen LogP contribution in [-0.2, 0) is 30.4 Å². The molecule has 0 spiro atoms. The Balaban J connectivity index is 2.62. The number of ether oxygens (including phenoxy) is 3. The molecule has 1 rings (SSSR count). The summed E-state index contributed by atoms with van der Waals surface area (Å²) in [6.45, 7) is 3.45. The fourth-order valence-corrected chi connectivity index (χ4v) is 1.51. The molecule has 0 radical (unpaired) electrons. The first kappa shape index (κ1) is 18.2. The third-order valence-electron chi connectivity index (χ3n) is 2.54. The van der Waals surface area contributed by atoms with Gasteiger partial charge in [-0.25, -0.2) is 14.4 Å². The normalized spacial score (nSPS) is 9.48. The number of nitrogens with one attached hydrogen (secondary N) is 1. The molecule has 0 heterocycles. The summed E-state index contributed by atoms with van der Waals surface area (Å²) < 4.78 is 14.4. The Hall–Kier alpha value is -2.83. The average Bonchev–Trinajstić information content (AvgIpc) is 2.54. The lowest BCUT2D eigenvalue weighted by Crippen LogP contribution is -2.24. The maximum Gasteiger partial charge on any atom is 0.411 e. The minimum absolute atomic E-state index is 0.0641. The zero-order chi connectivity index (χ0) is 17.1. The Kier molecular flexibility index (Phi) is 7.91. The minimum atomic E-state index is -0.880. The topological polar surface area (TPSA) is 90.9 Å². The highest BCUT2D eigenvalue weighted by molar-refractivity contribution is 6.14. The van der Waals surface area contributed by atoms with Gasteiger partial charge in [0, 0.05) is 6.20 Å². The molecule has 7 nitrogen and oxygen atoms in total. The molecule has 1 aromatic rings. The lowest BCUT2D eigenvalue weighted by Gasteiger charge is -2.07. The molecule has 0 fully saturated rings. The molecule has 23 heavy (non-hydrogen) atoms. The van der Waals surface area contributed by atoms with Crippen LogP contribution in [0.1, 0.15) is 19.4 Å². The highest BCUT2D eigenvalue weighted by atomic mass is 16.6. The number of carbonyl (C=O) groups is 3. The van der Waals surface area contributed by atoms with Gasteiger partial charge in [0.15, 0.2) is 5.57 Å². The van der Waals surface area contributed by atoms with Gasteiger partial charge in [-0.05, 0) is 19.4 Å². The van der Waals surface area contributed by atoms with Crippen LogP contribution >= 0.6 is 0 Å². The van der Waals surface area contributed by atoms with E-state index in [4.69, 9.17) is 14.2 Å². The molecule has 0 saturated carbocycles. The van der Waals surface area contributed by atoms with Gasteiger partial charge in [0.25, 0.3) is 0 Å². The van der Waals surface area contributed by atoms with Gasteiger partial charge in [0.1, 0.15) is 6.61 Å². The van der Waals surface area contributed by atoms with Crippen LogP contribution in [0.2, 0.25) is 0 Å². The van der Waals surface area contributed by atoms with E-state index in [0.717, 1.165) is 11.8 Å². The number of alkyl carbamates (subject to hydrolysis) is 1. The highest BCUT2D eigenvalue weighted by Crippen LogP contribution is 2.03. The maximum atomic E-state index is 11.7. The second-order valence-electron chi connectivity index (χ2n) is 4.21. The lowest BCUT2D eigenvalue weighted by molar-refractivity contribution is -0.146. The Morgan fingerprint density at radius 3 is 2.04 bits per heavy atom. The zero-order valence-corrected chi connectivity index (χ0v) is 13.0. The molecule has 0 aliphatic carbocycles. The molecule has 0 unspecified atom stereocenters. The zero-order valence-electron chi connectivity index (χ0n) is 13.0. The summed E-state index contributed by atoms with van der Waals surface area (Å²) in [6.07, 6.45) is 0.114. The third-order valence-corrected chi connectivity index (χ3v) is 2.54. The second kappa shape index (κ2) is 9.99. The fourth-order valence-electron chi connectivity index (χ4n) is 1.51. The molecule has 7 heteroatoms. The smallest absolute Gasteiger partial charge is 0.411 e. The Morgan fingerprint density at radius 1 is 0.957 bits per heavy atom. The summed E-state index contributed by atoms with van der Waals surface area (Å²) >= 11 is 0. The monoisotopic (exact) mass is 321 g/mol. The van der Waals surface area contributed by atoms with E-state index in [-0.39, 0.29) is 19.8 Å². The van der Waals surface area contributed by atoms with Gasteiger partial charge < -0.3 is 14.2 Å². The van der Waals surface area contributed by atoms with Gasteiger partial charge in [-0.1, -0.05) is 30.3 Å². The van der Waals surface area contributed by atoms with Gasteiger partial charge in [0.05, 0.1) is 13.2 Å². The number of hydrogen-bond donors (Lipinski definition) is 1. The van der Waals surface area contributed by atoms with Gasteiger partial charge in [0.2, 0.25) is 0 Å². The van der Waals surface area contributed by atoms with Crippen LogP contribution in [-0.4, -0.2) is 31.2 Å². The summed E-state index contributed by atoms with van der Waals surface area (Å²) in [5.41, 5.74) is 0.396. The Bertz CT molecular complexity index is 547. The average molecular weight is 321 g/mol. The number of benzene rings is 1. The standard InChI is InChI=1S/C16H19NO6/c1-3-21-14(18)13(15(19)22-4-2)10-17-16(20)23-11-12-8-6-5-7-9-12/h5-10H,3-4,11H2,1-2H3,(H,17,20). The maximum absolute atomic E-state index is 11.7. The van der Waals surface area contributed by atoms with Crippen molar-refractivity contribution in [2.24, 2.45) is 0 Å². The van der Waals surface area contributed by atoms with E-state index in [0.29, 0.717) is 0 Å². The molecule has 1 N–H and O–H groups in total. The first-order chi connectivity index (χ1) is 11.1. The van der Waals surface area contributed by atoms with Gasteiger partial charge in [-0.3, -0.25) is 5.32 Å². The van der Waals surface area contributed by atoms with Crippen molar-refractivity contribution in [3.05, 3.63) is 47.7 Å². The summed E-state index contributed by atoms with van der Waals surface area (Å²) in [5.74, 6) is -1.76. The van der Waals surface area contributed by atoms with Crippen molar-refractivity contribution >= 4 is 18.0 Å². The third kappa shape index (κ3) is 6.64. The van der Waals surface area contributed by atoms with Crippen LogP contribution in [0, 0.1) is 0 Å². The van der Waals surface area contributed by atoms with Crippen LogP contribution in [0.25, 0.3) is 0 Å². The molecule has 1 aromatic carbocycles. The SMILES string of the molecule is CCOC(=O)C(=CNC(=O)OCc1ccccc1)C(=O)OCC. The van der Waals surface area contributed by atoms with Crippen LogP contribution in [0.5, 0.6) is 0 Å². The fraction of sp³-hybridized carbons (Fsp3) is 0.312. The molecule has 0 aliphatic heterocycles. The second-order valence-corrected chi connectivity index (χ2v) is 4.21. The Morgan fingerprint density at radius 2 is 1.52 bits per heavy atom. The molecule has 0 bridgehead atoms. The molecular formula is C16H19NO6. The molecule has 0 aliphatic rings. The highest BCUT2D eigenvalue weighted by Gasteiger charge is 2.21. The molecule has 0 atom stereocenters. The van der Waals surface area contributed by atoms with Crippen LogP contribution in [0.3, 0.4) is 0 Å². The molecular weight excluding hydrogens is 302 g/mol. The van der Waals surface area contributed by atoms with E-state index in [1.54, 1.807) is 26.0 Å². The number of carbonyl (C=O) groups excluding carboxylic acids is 3. The van der Waals surface area contributed by atoms with E-state index >= 15 is 0 Å². The number of rotatable bonds is 7. The number of hydrogen-bond acceptors (Lipinski definition) is 6. The number of amides is 1. The molecule has 0 aromatic heterocycles. The van der Waals surface area contributed by atoms with Gasteiger partial charge >= 0.3 is 18.0 Å². The first-order valence-corrected chi connectivity index (χ1v) is 7.10. The van der Waals surface area contributed by atoms with E-state index in [1.807, 2.05) is 18.2 Å². The van der Waals surface area contributed by atoms with Crippen molar-refractivity contribution in [1.29, 1.82) is 0 Å². The van der Waals surface area contributed by atoms with Crippen molar-refractivity contribution in [2.75, 3.05) is 13.2 Å². The van der Waals surface area contributed by atoms with E-state index < -0.39 is 23.6 Å². The van der Waals surface area contributed by atoms with Crippen molar-refractivity contribution in [3.8, 4) is 0 Å². The minimum Gasteiger partial charge on any atom is -0.462 e. The predicted molar refractivity (Wildman–Crippen MR) is 81.1 cm³/mol. The quantitative estimate of drug-likeness (QED) is 0.271. The van der Waals surface area contributed by atoms with Crippen molar-refractivity contribution in [2.45, 2.75) is 20.5 Å². The van der Waals surface area contributed by atoms with E-state index in [2.05, 4.69) is 5.32 Å². The van der Waals surface area contributed by atoms with E-state index in [9.17, 15) is 14.4 Å². The Labute approximate surface area is 134 Å². The van der Waals surface area contributed by atoms with Gasteiger partial charge in [-0.15, -0.1) is 0 Å². The summed E-state index contributed by atoms with van der Waals surface area (Å²) in [6, 6.07) is 9.07. The molecule has 0 saturated heterocycles. The van der Waals surface area contributed by atoms with Crippen LogP contribution in [0.4, 0.5) is 4.79 Å². The summed E-state index contributed by atoms with van der Waals surface area (Å²) in [5, 5.41) is 2.21. The predicted octanol–water partition coefficient (Wildman–Crippen LogP) is 1.92. The summed E-state index contributed by atoms with van der Waals surface area (Å²) in [7, 11) is 0. The number of esters is 2. The largest absolute Gasteiger partial charge is 0.462 e.